The first-order valence-corrected chi connectivity index (χ1v) is 7.22. The van der Waals surface area contributed by atoms with Gasteiger partial charge < -0.3 is 5.11 Å². The Labute approximate surface area is 106 Å². The molecule has 0 aliphatic rings. The van der Waals surface area contributed by atoms with Crippen molar-refractivity contribution in [2.75, 3.05) is 6.54 Å². The van der Waals surface area contributed by atoms with Gasteiger partial charge in [-0.25, -0.2) is 13.1 Å². The van der Waals surface area contributed by atoms with Crippen molar-refractivity contribution in [1.82, 2.24) is 4.72 Å². The number of halogens is 3. The van der Waals surface area contributed by atoms with E-state index in [2.05, 4.69) is 0 Å². The third kappa shape index (κ3) is 4.23. The number of hydrogen-bond acceptors (Lipinski definition) is 4. The molecule has 0 aromatic carbocycles. The summed E-state index contributed by atoms with van der Waals surface area (Å²) in [6.45, 7) is 0.529. The van der Waals surface area contributed by atoms with Crippen LogP contribution >= 0.6 is 11.3 Å². The van der Waals surface area contributed by atoms with Gasteiger partial charge in [-0.1, -0.05) is 0 Å². The van der Waals surface area contributed by atoms with Crippen molar-refractivity contribution < 1.29 is 26.7 Å². The van der Waals surface area contributed by atoms with Gasteiger partial charge in [0.1, 0.15) is 0 Å². The van der Waals surface area contributed by atoms with Gasteiger partial charge in [-0.05, 0) is 13.0 Å². The lowest BCUT2D eigenvalue weighted by molar-refractivity contribution is -0.132. The first-order valence-electron chi connectivity index (χ1n) is 4.92. The van der Waals surface area contributed by atoms with E-state index in [0.29, 0.717) is 9.75 Å². The molecule has 1 rings (SSSR count). The number of rotatable bonds is 5. The standard InChI is InChI=1S/C9H12F3NO3S2/c1-6-8(4-7(5-14)17-6)18(15,16)13-3-2-9(10,11)12/h4,13-14H,2-3,5H2,1H3. The van der Waals surface area contributed by atoms with Gasteiger partial charge >= 0.3 is 6.18 Å². The topological polar surface area (TPSA) is 66.4 Å². The molecule has 2 N–H and O–H groups in total. The van der Waals surface area contributed by atoms with Crippen molar-refractivity contribution in [3.8, 4) is 0 Å². The van der Waals surface area contributed by atoms with Gasteiger partial charge in [0.15, 0.2) is 0 Å². The molecule has 0 aliphatic carbocycles. The van der Waals surface area contributed by atoms with Gasteiger partial charge in [-0.2, -0.15) is 13.2 Å². The Morgan fingerprint density at radius 2 is 2.06 bits per heavy atom. The highest BCUT2D eigenvalue weighted by Gasteiger charge is 2.28. The Balaban J connectivity index is 2.77. The number of thiophene rings is 1. The minimum Gasteiger partial charge on any atom is -0.391 e. The van der Waals surface area contributed by atoms with Crippen LogP contribution in [-0.4, -0.2) is 26.2 Å². The molecular weight excluding hydrogens is 291 g/mol. The van der Waals surface area contributed by atoms with Gasteiger partial charge in [0.2, 0.25) is 10.0 Å². The van der Waals surface area contributed by atoms with Crippen molar-refractivity contribution in [2.24, 2.45) is 0 Å². The maximum atomic E-state index is 11.9. The molecule has 0 bridgehead atoms. The first-order chi connectivity index (χ1) is 8.15. The molecule has 0 fully saturated rings. The van der Waals surface area contributed by atoms with Crippen LogP contribution in [0.5, 0.6) is 0 Å². The van der Waals surface area contributed by atoms with Crippen LogP contribution in [0.4, 0.5) is 13.2 Å². The summed E-state index contributed by atoms with van der Waals surface area (Å²) in [5, 5.41) is 8.87. The molecule has 0 radical (unpaired) electrons. The lowest BCUT2D eigenvalue weighted by atomic mass is 10.4. The zero-order valence-electron chi connectivity index (χ0n) is 9.41. The van der Waals surface area contributed by atoms with E-state index in [1.807, 2.05) is 4.72 Å². The highest BCUT2D eigenvalue weighted by atomic mass is 32.2. The summed E-state index contributed by atoms with van der Waals surface area (Å²) in [5.41, 5.74) is 0. The smallest absolute Gasteiger partial charge is 0.390 e. The van der Waals surface area contributed by atoms with Gasteiger partial charge in [0, 0.05) is 16.3 Å². The summed E-state index contributed by atoms with van der Waals surface area (Å²) in [4.78, 5) is 0.793. The molecule has 1 heterocycles. The van der Waals surface area contributed by atoms with Crippen molar-refractivity contribution >= 4 is 21.4 Å². The van der Waals surface area contributed by atoms with E-state index in [1.54, 1.807) is 0 Å². The van der Waals surface area contributed by atoms with E-state index in [9.17, 15) is 21.6 Å². The second kappa shape index (κ2) is 5.55. The molecule has 0 saturated carbocycles. The number of hydrogen-bond donors (Lipinski definition) is 2. The minimum absolute atomic E-state index is 0.0845. The van der Waals surface area contributed by atoms with Crippen molar-refractivity contribution in [1.29, 1.82) is 0 Å². The number of aliphatic hydroxyl groups excluding tert-OH is 1. The predicted molar refractivity (Wildman–Crippen MR) is 60.8 cm³/mol. The minimum atomic E-state index is -4.40. The van der Waals surface area contributed by atoms with Gasteiger partial charge in [0.05, 0.1) is 17.9 Å². The van der Waals surface area contributed by atoms with Gasteiger partial charge in [-0.15, -0.1) is 11.3 Å². The molecule has 1 aromatic rings. The Morgan fingerprint density at radius 3 is 2.50 bits per heavy atom. The number of alkyl halides is 3. The van der Waals surface area contributed by atoms with Crippen molar-refractivity contribution in [3.63, 3.8) is 0 Å². The molecule has 9 heteroatoms. The number of sulfonamides is 1. The fourth-order valence-electron chi connectivity index (χ4n) is 1.27. The van der Waals surface area contributed by atoms with Crippen molar-refractivity contribution in [3.05, 3.63) is 15.8 Å². The zero-order chi connectivity index (χ0) is 14.0. The lowest BCUT2D eigenvalue weighted by Crippen LogP contribution is -2.28. The van der Waals surface area contributed by atoms with E-state index in [4.69, 9.17) is 5.11 Å². The predicted octanol–water partition coefficient (Wildman–Crippen LogP) is 1.78. The molecule has 0 unspecified atom stereocenters. The number of aliphatic hydroxyl groups is 1. The summed E-state index contributed by atoms with van der Waals surface area (Å²) in [7, 11) is -3.95. The van der Waals surface area contributed by atoms with Crippen LogP contribution in [0.1, 0.15) is 16.2 Å². The molecule has 104 valence electrons. The number of aryl methyl sites for hydroxylation is 1. The second-order valence-electron chi connectivity index (χ2n) is 3.55. The van der Waals surface area contributed by atoms with Crippen LogP contribution in [0.3, 0.4) is 0 Å². The molecule has 0 amide bonds. The summed E-state index contributed by atoms with van der Waals surface area (Å²) >= 11 is 1.09. The number of nitrogens with one attached hydrogen (secondary N) is 1. The SMILES string of the molecule is Cc1sc(CO)cc1S(=O)(=O)NCCC(F)(F)F. The second-order valence-corrected chi connectivity index (χ2v) is 6.63. The van der Waals surface area contributed by atoms with E-state index in [0.717, 1.165) is 11.3 Å². The summed E-state index contributed by atoms with van der Waals surface area (Å²) in [6.07, 6.45) is -5.62. The van der Waals surface area contributed by atoms with Crippen LogP contribution in [0.25, 0.3) is 0 Å². The van der Waals surface area contributed by atoms with E-state index in [-0.39, 0.29) is 11.5 Å². The summed E-state index contributed by atoms with van der Waals surface area (Å²) < 4.78 is 61.0. The Morgan fingerprint density at radius 1 is 1.44 bits per heavy atom. The third-order valence-electron chi connectivity index (χ3n) is 2.07. The average molecular weight is 303 g/mol. The van der Waals surface area contributed by atoms with Gasteiger partial charge in [0.25, 0.3) is 0 Å². The third-order valence-corrected chi connectivity index (χ3v) is 4.82. The fourth-order valence-corrected chi connectivity index (χ4v) is 3.80. The molecule has 1 aromatic heterocycles. The van der Waals surface area contributed by atoms with Crippen LogP contribution in [0, 0.1) is 6.92 Å². The maximum Gasteiger partial charge on any atom is 0.390 e. The lowest BCUT2D eigenvalue weighted by Gasteiger charge is -2.08. The Kier molecular flexibility index (Phi) is 4.76. The average Bonchev–Trinajstić information content (AvgIpc) is 2.58. The molecule has 0 saturated heterocycles. The summed E-state index contributed by atoms with van der Waals surface area (Å²) in [5.74, 6) is 0. The van der Waals surface area contributed by atoms with Crippen LogP contribution < -0.4 is 4.72 Å². The highest BCUT2D eigenvalue weighted by molar-refractivity contribution is 7.89. The van der Waals surface area contributed by atoms with E-state index < -0.39 is 29.2 Å². The monoisotopic (exact) mass is 303 g/mol. The Bertz CT molecular complexity index is 508. The van der Waals surface area contributed by atoms with E-state index in [1.165, 1.54) is 13.0 Å². The molecule has 0 spiro atoms. The van der Waals surface area contributed by atoms with Gasteiger partial charge in [-0.3, -0.25) is 0 Å². The zero-order valence-corrected chi connectivity index (χ0v) is 11.0. The molecule has 4 nitrogen and oxygen atoms in total. The maximum absolute atomic E-state index is 11.9. The molecule has 0 atom stereocenters. The molecule has 0 aliphatic heterocycles. The molecule has 18 heavy (non-hydrogen) atoms. The van der Waals surface area contributed by atoms with Crippen LogP contribution in [-0.2, 0) is 16.6 Å². The van der Waals surface area contributed by atoms with Crippen molar-refractivity contribution in [2.45, 2.75) is 31.0 Å². The Hall–Kier alpha value is -0.640. The van der Waals surface area contributed by atoms with Crippen LogP contribution in [0.2, 0.25) is 0 Å². The first kappa shape index (κ1) is 15.4. The molecular formula is C9H12F3NO3S2. The quantitative estimate of drug-likeness (QED) is 0.871. The van der Waals surface area contributed by atoms with Crippen LogP contribution in [0.15, 0.2) is 11.0 Å². The largest absolute Gasteiger partial charge is 0.391 e. The summed E-state index contributed by atoms with van der Waals surface area (Å²) in [6, 6.07) is 1.26. The fraction of sp³-hybridized carbons (Fsp3) is 0.556. The highest BCUT2D eigenvalue weighted by Crippen LogP contribution is 2.26. The van der Waals surface area contributed by atoms with E-state index >= 15 is 0 Å². The normalized spacial score (nSPS) is 12.9.